The number of hydroxylamine groups is 1. The predicted octanol–water partition coefficient (Wildman–Crippen LogP) is 3.89. The molecule has 26 heavy (non-hydrogen) atoms. The average molecular weight is 370 g/mol. The lowest BCUT2D eigenvalue weighted by atomic mass is 10.1. The van der Waals surface area contributed by atoms with E-state index in [4.69, 9.17) is 5.21 Å². The highest BCUT2D eigenvalue weighted by molar-refractivity contribution is 7.17. The molecule has 3 aromatic rings. The van der Waals surface area contributed by atoms with E-state index < -0.39 is 5.91 Å². The Hall–Kier alpha value is -2.54. The lowest BCUT2D eigenvalue weighted by Crippen LogP contribution is -2.17. The van der Waals surface area contributed by atoms with Gasteiger partial charge in [0.1, 0.15) is 5.82 Å². The quantitative estimate of drug-likeness (QED) is 0.256. The summed E-state index contributed by atoms with van der Waals surface area (Å²) in [4.78, 5) is 10.9. The number of rotatable bonds is 7. The Morgan fingerprint density at radius 3 is 2.88 bits per heavy atom. The van der Waals surface area contributed by atoms with Gasteiger partial charge in [-0.2, -0.15) is 0 Å². The summed E-state index contributed by atoms with van der Waals surface area (Å²) in [5, 5.41) is 15.1. The number of halogens is 1. The van der Waals surface area contributed by atoms with Gasteiger partial charge >= 0.3 is 0 Å². The lowest BCUT2D eigenvalue weighted by molar-refractivity contribution is -0.124. The van der Waals surface area contributed by atoms with E-state index in [-0.39, 0.29) is 5.82 Å². The minimum absolute atomic E-state index is 0.329. The zero-order valence-corrected chi connectivity index (χ0v) is 14.9. The zero-order valence-electron chi connectivity index (χ0n) is 14.0. The molecule has 1 amide bonds. The molecule has 0 radical (unpaired) electrons. The molecule has 0 aliphatic heterocycles. The van der Waals surface area contributed by atoms with Gasteiger partial charge in [-0.3, -0.25) is 10.0 Å². The molecular weight excluding hydrogens is 351 g/mol. The largest absolute Gasteiger partial charge is 0.312 e. The first-order valence-corrected chi connectivity index (χ1v) is 9.12. The topological polar surface area (TPSA) is 61.4 Å². The van der Waals surface area contributed by atoms with Crippen molar-refractivity contribution in [1.82, 2.24) is 10.8 Å². The molecule has 0 saturated carbocycles. The molecule has 0 atom stereocenters. The van der Waals surface area contributed by atoms with Crippen LogP contribution in [0.1, 0.15) is 16.7 Å². The van der Waals surface area contributed by atoms with Crippen molar-refractivity contribution in [3.63, 3.8) is 0 Å². The molecule has 3 rings (SSSR count). The SMILES string of the molecule is O=C(/C=C/c1ccc(CNCCc2cccc3ccsc23)c(F)c1)NO. The van der Waals surface area contributed by atoms with Crippen molar-refractivity contribution in [3.8, 4) is 0 Å². The smallest absolute Gasteiger partial charge is 0.267 e. The summed E-state index contributed by atoms with van der Waals surface area (Å²) in [5.41, 5.74) is 3.92. The Balaban J connectivity index is 1.54. The fraction of sp³-hybridized carbons (Fsp3) is 0.150. The number of hydrogen-bond acceptors (Lipinski definition) is 4. The van der Waals surface area contributed by atoms with E-state index in [1.54, 1.807) is 23.5 Å². The third-order valence-corrected chi connectivity index (χ3v) is 5.07. The van der Waals surface area contributed by atoms with Crippen LogP contribution in [0.5, 0.6) is 0 Å². The van der Waals surface area contributed by atoms with Gasteiger partial charge in [0.15, 0.2) is 0 Å². The van der Waals surface area contributed by atoms with Gasteiger partial charge in [-0.25, -0.2) is 9.87 Å². The van der Waals surface area contributed by atoms with Crippen LogP contribution < -0.4 is 10.8 Å². The van der Waals surface area contributed by atoms with Gasteiger partial charge in [0.05, 0.1) is 0 Å². The fourth-order valence-corrected chi connectivity index (χ4v) is 3.66. The predicted molar refractivity (Wildman–Crippen MR) is 103 cm³/mol. The summed E-state index contributed by atoms with van der Waals surface area (Å²) in [6, 6.07) is 13.2. The molecule has 0 aliphatic rings. The maximum absolute atomic E-state index is 14.2. The Bertz CT molecular complexity index is 936. The molecule has 0 saturated heterocycles. The monoisotopic (exact) mass is 370 g/mol. The van der Waals surface area contributed by atoms with Crippen LogP contribution in [0.3, 0.4) is 0 Å². The van der Waals surface area contributed by atoms with Crippen LogP contribution in [0.25, 0.3) is 16.2 Å². The highest BCUT2D eigenvalue weighted by atomic mass is 32.1. The Morgan fingerprint density at radius 2 is 2.08 bits per heavy atom. The van der Waals surface area contributed by atoms with Gasteiger partial charge in [0, 0.05) is 22.9 Å². The second-order valence-electron chi connectivity index (χ2n) is 5.84. The summed E-state index contributed by atoms with van der Waals surface area (Å²) in [6.45, 7) is 1.20. The van der Waals surface area contributed by atoms with E-state index in [1.165, 1.54) is 33.3 Å². The van der Waals surface area contributed by atoms with Gasteiger partial charge in [-0.05, 0) is 53.1 Å². The molecule has 2 aromatic carbocycles. The highest BCUT2D eigenvalue weighted by Crippen LogP contribution is 2.24. The molecular formula is C20H19FN2O2S. The van der Waals surface area contributed by atoms with Gasteiger partial charge in [-0.1, -0.05) is 30.3 Å². The van der Waals surface area contributed by atoms with E-state index in [0.717, 1.165) is 19.0 Å². The zero-order chi connectivity index (χ0) is 18.4. The number of amides is 1. The Labute approximate surface area is 154 Å². The summed E-state index contributed by atoms with van der Waals surface area (Å²) < 4.78 is 15.5. The van der Waals surface area contributed by atoms with E-state index >= 15 is 0 Å². The standard InChI is InChI=1S/C20H19FN2O2S/c21-18-12-14(5-7-19(24)23-25)4-6-17(18)13-22-10-8-15-2-1-3-16-9-11-26-20(15)16/h1-7,9,11-12,22,25H,8,10,13H2,(H,23,24)/b7-5+. The van der Waals surface area contributed by atoms with Gasteiger partial charge in [0.2, 0.25) is 0 Å². The summed E-state index contributed by atoms with van der Waals surface area (Å²) in [7, 11) is 0. The number of carbonyl (C=O) groups is 1. The summed E-state index contributed by atoms with van der Waals surface area (Å²) in [5.74, 6) is -0.985. The van der Waals surface area contributed by atoms with Crippen LogP contribution in [0.2, 0.25) is 0 Å². The number of thiophene rings is 1. The average Bonchev–Trinajstić information content (AvgIpc) is 3.14. The number of hydrogen-bond donors (Lipinski definition) is 3. The Kier molecular flexibility index (Phi) is 6.12. The molecule has 0 unspecified atom stereocenters. The van der Waals surface area contributed by atoms with Crippen LogP contribution in [0.15, 0.2) is 53.9 Å². The fourth-order valence-electron chi connectivity index (χ4n) is 2.72. The molecule has 0 spiro atoms. The van der Waals surface area contributed by atoms with Crippen LogP contribution in [-0.2, 0) is 17.8 Å². The van der Waals surface area contributed by atoms with Crippen molar-refractivity contribution < 1.29 is 14.4 Å². The molecule has 0 aliphatic carbocycles. The van der Waals surface area contributed by atoms with E-state index in [2.05, 4.69) is 35.0 Å². The summed E-state index contributed by atoms with van der Waals surface area (Å²) in [6.07, 6.45) is 3.46. The highest BCUT2D eigenvalue weighted by Gasteiger charge is 2.04. The third-order valence-electron chi connectivity index (χ3n) is 4.06. The normalized spacial score (nSPS) is 11.3. The maximum Gasteiger partial charge on any atom is 0.267 e. The molecule has 1 aromatic heterocycles. The van der Waals surface area contributed by atoms with Crippen LogP contribution in [-0.4, -0.2) is 17.7 Å². The number of carbonyl (C=O) groups excluding carboxylic acids is 1. The molecule has 1 heterocycles. The van der Waals surface area contributed by atoms with Crippen LogP contribution in [0, 0.1) is 5.82 Å². The van der Waals surface area contributed by atoms with Crippen molar-refractivity contribution >= 4 is 33.4 Å². The molecule has 0 bridgehead atoms. The minimum atomic E-state index is -0.656. The Morgan fingerprint density at radius 1 is 1.19 bits per heavy atom. The first-order valence-electron chi connectivity index (χ1n) is 8.24. The van der Waals surface area contributed by atoms with Gasteiger partial charge in [-0.15, -0.1) is 11.3 Å². The molecule has 6 heteroatoms. The minimum Gasteiger partial charge on any atom is -0.312 e. The van der Waals surface area contributed by atoms with E-state index in [9.17, 15) is 9.18 Å². The number of fused-ring (bicyclic) bond motifs is 1. The lowest BCUT2D eigenvalue weighted by Gasteiger charge is -2.08. The van der Waals surface area contributed by atoms with Gasteiger partial charge < -0.3 is 5.32 Å². The van der Waals surface area contributed by atoms with Crippen LogP contribution >= 0.6 is 11.3 Å². The molecule has 3 N–H and O–H groups in total. The van der Waals surface area contributed by atoms with Crippen molar-refractivity contribution in [2.24, 2.45) is 0 Å². The van der Waals surface area contributed by atoms with E-state index in [0.29, 0.717) is 17.7 Å². The first-order chi connectivity index (χ1) is 12.7. The van der Waals surface area contributed by atoms with Crippen molar-refractivity contribution in [2.45, 2.75) is 13.0 Å². The number of nitrogens with one attached hydrogen (secondary N) is 2. The summed E-state index contributed by atoms with van der Waals surface area (Å²) >= 11 is 1.74. The molecule has 134 valence electrons. The van der Waals surface area contributed by atoms with Crippen molar-refractivity contribution in [1.29, 1.82) is 0 Å². The second-order valence-corrected chi connectivity index (χ2v) is 6.76. The third kappa shape index (κ3) is 4.54. The van der Waals surface area contributed by atoms with E-state index in [1.807, 2.05) is 0 Å². The maximum atomic E-state index is 14.2. The van der Waals surface area contributed by atoms with Crippen LogP contribution in [0.4, 0.5) is 4.39 Å². The van der Waals surface area contributed by atoms with Gasteiger partial charge in [0.25, 0.3) is 5.91 Å². The number of benzene rings is 2. The molecule has 0 fully saturated rings. The first kappa shape index (κ1) is 18.3. The second kappa shape index (κ2) is 8.71. The molecule has 4 nitrogen and oxygen atoms in total. The van der Waals surface area contributed by atoms with Crippen molar-refractivity contribution in [2.75, 3.05) is 6.54 Å². The van der Waals surface area contributed by atoms with Crippen molar-refractivity contribution in [3.05, 3.63) is 76.4 Å².